The van der Waals surface area contributed by atoms with Gasteiger partial charge in [-0.1, -0.05) is 11.6 Å². The Balaban J connectivity index is 3.24. The van der Waals surface area contributed by atoms with Crippen molar-refractivity contribution in [3.63, 3.8) is 0 Å². The average molecular weight is 177 g/mol. The van der Waals surface area contributed by atoms with Crippen molar-refractivity contribution in [3.8, 4) is 5.88 Å². The smallest absolute Gasteiger partial charge is 0.312 e. The fourth-order valence-corrected chi connectivity index (χ4v) is 0.797. The van der Waals surface area contributed by atoms with Crippen LogP contribution in [0.2, 0.25) is 5.02 Å². The summed E-state index contributed by atoms with van der Waals surface area (Å²) in [6, 6.07) is 0. The van der Waals surface area contributed by atoms with E-state index in [0.717, 1.165) is 0 Å². The predicted molar refractivity (Wildman–Crippen MR) is 38.3 cm³/mol. The van der Waals surface area contributed by atoms with Gasteiger partial charge in [-0.3, -0.25) is 0 Å². The van der Waals surface area contributed by atoms with Gasteiger partial charge in [-0.2, -0.15) is 9.37 Å². The molecule has 0 aliphatic heterocycles. The SMILES string of the molecule is COc1nc(F)nc(C)c1Cl. The molecular formula is C6H6ClFN2O. The van der Waals surface area contributed by atoms with Crippen LogP contribution in [0.15, 0.2) is 0 Å². The van der Waals surface area contributed by atoms with Gasteiger partial charge in [0, 0.05) is 0 Å². The van der Waals surface area contributed by atoms with E-state index in [4.69, 9.17) is 11.6 Å². The van der Waals surface area contributed by atoms with E-state index in [-0.39, 0.29) is 10.9 Å². The van der Waals surface area contributed by atoms with Crippen molar-refractivity contribution in [2.24, 2.45) is 0 Å². The first-order valence-corrected chi connectivity index (χ1v) is 3.26. The Morgan fingerprint density at radius 1 is 1.45 bits per heavy atom. The fraction of sp³-hybridized carbons (Fsp3) is 0.333. The molecule has 0 saturated heterocycles. The first-order chi connectivity index (χ1) is 5.15. The molecule has 1 heterocycles. The molecule has 0 aliphatic carbocycles. The van der Waals surface area contributed by atoms with E-state index in [1.807, 2.05) is 0 Å². The second-order valence-corrected chi connectivity index (χ2v) is 2.28. The summed E-state index contributed by atoms with van der Waals surface area (Å²) in [6.07, 6.45) is -0.830. The summed E-state index contributed by atoms with van der Waals surface area (Å²) in [7, 11) is 1.37. The van der Waals surface area contributed by atoms with Gasteiger partial charge < -0.3 is 4.74 Å². The van der Waals surface area contributed by atoms with Crippen molar-refractivity contribution in [3.05, 3.63) is 16.8 Å². The number of aryl methyl sites for hydroxylation is 1. The average Bonchev–Trinajstić information content (AvgIpc) is 1.96. The maximum atomic E-state index is 12.4. The number of aromatic nitrogens is 2. The maximum absolute atomic E-state index is 12.4. The maximum Gasteiger partial charge on any atom is 0.312 e. The molecule has 0 amide bonds. The van der Waals surface area contributed by atoms with Gasteiger partial charge in [0.1, 0.15) is 5.02 Å². The largest absolute Gasteiger partial charge is 0.480 e. The minimum absolute atomic E-state index is 0.0664. The summed E-state index contributed by atoms with van der Waals surface area (Å²) in [6.45, 7) is 1.58. The highest BCUT2D eigenvalue weighted by Crippen LogP contribution is 2.23. The van der Waals surface area contributed by atoms with E-state index >= 15 is 0 Å². The molecule has 1 aromatic rings. The molecule has 1 aromatic heterocycles. The lowest BCUT2D eigenvalue weighted by Gasteiger charge is -2.02. The van der Waals surface area contributed by atoms with Crippen LogP contribution in [-0.2, 0) is 0 Å². The van der Waals surface area contributed by atoms with Crippen molar-refractivity contribution < 1.29 is 9.13 Å². The fourth-order valence-electron chi connectivity index (χ4n) is 0.635. The third kappa shape index (κ3) is 1.57. The summed E-state index contributed by atoms with van der Waals surface area (Å²) in [5, 5.41) is 0.244. The van der Waals surface area contributed by atoms with Crippen molar-refractivity contribution in [2.75, 3.05) is 7.11 Å². The zero-order valence-corrected chi connectivity index (χ0v) is 6.81. The number of ether oxygens (including phenoxy) is 1. The molecule has 60 valence electrons. The lowest BCUT2D eigenvalue weighted by Crippen LogP contribution is -1.97. The van der Waals surface area contributed by atoms with Crippen LogP contribution in [0.5, 0.6) is 5.88 Å². The van der Waals surface area contributed by atoms with E-state index < -0.39 is 6.08 Å². The third-order valence-corrected chi connectivity index (χ3v) is 1.59. The molecule has 0 bridgehead atoms. The van der Waals surface area contributed by atoms with Gasteiger partial charge in [0.15, 0.2) is 0 Å². The van der Waals surface area contributed by atoms with Crippen LogP contribution >= 0.6 is 11.6 Å². The molecule has 1 rings (SSSR count). The normalized spacial score (nSPS) is 9.82. The molecule has 0 unspecified atom stereocenters. The van der Waals surface area contributed by atoms with Crippen LogP contribution in [0.4, 0.5) is 4.39 Å². The number of hydrogen-bond acceptors (Lipinski definition) is 3. The first kappa shape index (κ1) is 8.20. The lowest BCUT2D eigenvalue weighted by atomic mass is 10.4. The number of nitrogens with zero attached hydrogens (tertiary/aromatic N) is 2. The summed E-state index contributed by atoms with van der Waals surface area (Å²) in [5.74, 6) is 0.0664. The van der Waals surface area contributed by atoms with Crippen molar-refractivity contribution >= 4 is 11.6 Å². The number of methoxy groups -OCH3 is 1. The van der Waals surface area contributed by atoms with Crippen LogP contribution in [-0.4, -0.2) is 17.1 Å². The van der Waals surface area contributed by atoms with Gasteiger partial charge >= 0.3 is 6.08 Å². The zero-order valence-electron chi connectivity index (χ0n) is 6.06. The lowest BCUT2D eigenvalue weighted by molar-refractivity contribution is 0.381. The Hall–Kier alpha value is -0.900. The Kier molecular flexibility index (Phi) is 2.24. The molecule has 0 aromatic carbocycles. The highest BCUT2D eigenvalue weighted by Gasteiger charge is 2.08. The van der Waals surface area contributed by atoms with Gasteiger partial charge in [0.2, 0.25) is 5.88 Å². The van der Waals surface area contributed by atoms with Crippen LogP contribution in [0, 0.1) is 13.0 Å². The summed E-state index contributed by atoms with van der Waals surface area (Å²) in [4.78, 5) is 6.71. The molecule has 0 fully saturated rings. The molecule has 0 N–H and O–H groups in total. The summed E-state index contributed by atoms with van der Waals surface area (Å²) >= 11 is 5.65. The highest BCUT2D eigenvalue weighted by atomic mass is 35.5. The summed E-state index contributed by atoms with van der Waals surface area (Å²) < 4.78 is 17.1. The van der Waals surface area contributed by atoms with E-state index in [9.17, 15) is 4.39 Å². The van der Waals surface area contributed by atoms with Crippen LogP contribution in [0.3, 0.4) is 0 Å². The van der Waals surface area contributed by atoms with Gasteiger partial charge in [-0.15, -0.1) is 0 Å². The van der Waals surface area contributed by atoms with E-state index in [2.05, 4.69) is 14.7 Å². The van der Waals surface area contributed by atoms with Gasteiger partial charge in [-0.25, -0.2) is 4.98 Å². The zero-order chi connectivity index (χ0) is 8.43. The summed E-state index contributed by atoms with van der Waals surface area (Å²) in [5.41, 5.74) is 0.371. The molecule has 0 radical (unpaired) electrons. The van der Waals surface area contributed by atoms with Gasteiger partial charge in [0.05, 0.1) is 12.8 Å². The van der Waals surface area contributed by atoms with Gasteiger partial charge in [-0.05, 0) is 6.92 Å². The number of rotatable bonds is 1. The molecule has 0 spiro atoms. The standard InChI is InChI=1S/C6H6ClFN2O/c1-3-4(7)5(11-2)10-6(8)9-3/h1-2H3. The Morgan fingerprint density at radius 3 is 2.64 bits per heavy atom. The van der Waals surface area contributed by atoms with Crippen LogP contribution in [0.25, 0.3) is 0 Å². The molecule has 3 nitrogen and oxygen atoms in total. The van der Waals surface area contributed by atoms with E-state index in [0.29, 0.717) is 5.69 Å². The van der Waals surface area contributed by atoms with E-state index in [1.54, 1.807) is 6.92 Å². The minimum Gasteiger partial charge on any atom is -0.480 e. The van der Waals surface area contributed by atoms with Crippen LogP contribution < -0.4 is 4.74 Å². The van der Waals surface area contributed by atoms with Gasteiger partial charge in [0.25, 0.3) is 0 Å². The van der Waals surface area contributed by atoms with Crippen LogP contribution in [0.1, 0.15) is 5.69 Å². The van der Waals surface area contributed by atoms with Crippen molar-refractivity contribution in [1.29, 1.82) is 0 Å². The van der Waals surface area contributed by atoms with Crippen molar-refractivity contribution in [2.45, 2.75) is 6.92 Å². The second kappa shape index (κ2) is 3.00. The van der Waals surface area contributed by atoms with E-state index in [1.165, 1.54) is 7.11 Å². The molecule has 0 aliphatic rings. The minimum atomic E-state index is -0.830. The molecule has 0 atom stereocenters. The Labute approximate surface area is 68.2 Å². The Morgan fingerprint density at radius 2 is 2.09 bits per heavy atom. The molecule has 0 saturated carbocycles. The number of halogens is 2. The molecular weight excluding hydrogens is 171 g/mol. The third-order valence-electron chi connectivity index (χ3n) is 1.15. The quantitative estimate of drug-likeness (QED) is 0.610. The topological polar surface area (TPSA) is 35.0 Å². The highest BCUT2D eigenvalue weighted by molar-refractivity contribution is 6.32. The second-order valence-electron chi connectivity index (χ2n) is 1.90. The van der Waals surface area contributed by atoms with Crippen molar-refractivity contribution in [1.82, 2.24) is 9.97 Å². The molecule has 11 heavy (non-hydrogen) atoms. The Bertz CT molecular complexity index is 280. The number of hydrogen-bond donors (Lipinski definition) is 0. The first-order valence-electron chi connectivity index (χ1n) is 2.88. The predicted octanol–water partition coefficient (Wildman–Crippen LogP) is 1.59. The molecule has 5 heteroatoms. The monoisotopic (exact) mass is 176 g/mol.